The van der Waals surface area contributed by atoms with Gasteiger partial charge in [-0.05, 0) is 71.8 Å². The quantitative estimate of drug-likeness (QED) is 0.0883. The van der Waals surface area contributed by atoms with Gasteiger partial charge in [0, 0.05) is 23.3 Å². The van der Waals surface area contributed by atoms with Crippen LogP contribution in [-0.2, 0) is 12.5 Å². The Labute approximate surface area is 258 Å². The van der Waals surface area contributed by atoms with Crippen LogP contribution in [0.1, 0.15) is 24.5 Å². The minimum absolute atomic E-state index is 0.0512. The van der Waals surface area contributed by atoms with Gasteiger partial charge in [-0.15, -0.1) is 0 Å². The summed E-state index contributed by atoms with van der Waals surface area (Å²) >= 11 is 0. The third-order valence-electron chi connectivity index (χ3n) is 7.22. The second kappa shape index (κ2) is 13.2. The van der Waals surface area contributed by atoms with Crippen molar-refractivity contribution in [3.63, 3.8) is 0 Å². The molecule has 10 heteroatoms. The Morgan fingerprint density at radius 3 is 1.63 bits per heavy atom. The van der Waals surface area contributed by atoms with Gasteiger partial charge in [-0.1, -0.05) is 60.7 Å². The number of rotatable bonds is 9. The summed E-state index contributed by atoms with van der Waals surface area (Å²) < 4.78 is 133. The molecule has 0 aliphatic rings. The van der Waals surface area contributed by atoms with Crippen LogP contribution in [0.15, 0.2) is 97.1 Å². The predicted octanol–water partition coefficient (Wildman–Crippen LogP) is 11.3. The lowest BCUT2D eigenvalue weighted by Gasteiger charge is -2.20. The van der Waals surface area contributed by atoms with Gasteiger partial charge in [0.15, 0.2) is 17.5 Å². The molecule has 0 saturated heterocycles. The summed E-state index contributed by atoms with van der Waals surface area (Å²) in [4.78, 5) is 0. The maximum atomic E-state index is 15.2. The average Bonchev–Trinajstić information content (AvgIpc) is 2.99. The molecule has 0 heterocycles. The maximum Gasteiger partial charge on any atom is 0.432 e. The average molecular weight is 643 g/mol. The van der Waals surface area contributed by atoms with Crippen LogP contribution in [0.25, 0.3) is 33.4 Å². The third-order valence-corrected chi connectivity index (χ3v) is 7.22. The molecule has 0 atom stereocenters. The summed E-state index contributed by atoms with van der Waals surface area (Å²) in [6.07, 6.45) is 1.01. The monoisotopic (exact) mass is 642 g/mol. The van der Waals surface area contributed by atoms with Crippen molar-refractivity contribution < 1.29 is 44.3 Å². The van der Waals surface area contributed by atoms with Crippen molar-refractivity contribution >= 4 is 0 Å². The second-order valence-electron chi connectivity index (χ2n) is 10.3. The van der Waals surface area contributed by atoms with Crippen LogP contribution in [-0.4, -0.2) is 0 Å². The summed E-state index contributed by atoms with van der Waals surface area (Å²) in [6.45, 7) is 1.95. The van der Waals surface area contributed by atoms with E-state index < -0.39 is 63.7 Å². The number of hydrogen-bond donors (Lipinski definition) is 0. The lowest BCUT2D eigenvalue weighted by atomic mass is 9.96. The fourth-order valence-electron chi connectivity index (χ4n) is 4.92. The van der Waals surface area contributed by atoms with Gasteiger partial charge in [-0.25, -0.2) is 30.7 Å². The summed E-state index contributed by atoms with van der Waals surface area (Å²) in [5.74, 6) is -12.3. The molecule has 5 rings (SSSR count). The molecule has 0 aromatic heterocycles. The first-order chi connectivity index (χ1) is 21.9. The molecule has 5 aromatic rings. The van der Waals surface area contributed by atoms with E-state index in [0.29, 0.717) is 17.7 Å². The van der Waals surface area contributed by atoms with Gasteiger partial charge in [0.25, 0.3) is 0 Å². The molecule has 0 radical (unpaired) electrons. The van der Waals surface area contributed by atoms with Crippen LogP contribution in [0.3, 0.4) is 0 Å². The van der Waals surface area contributed by atoms with Crippen LogP contribution in [0.4, 0.5) is 39.5 Å². The summed E-state index contributed by atoms with van der Waals surface area (Å²) in [5.41, 5.74) is -0.111. The molecule has 0 saturated carbocycles. The number of alkyl halides is 2. The molecule has 0 spiro atoms. The molecule has 46 heavy (non-hydrogen) atoms. The lowest BCUT2D eigenvalue weighted by Crippen LogP contribution is -2.25. The van der Waals surface area contributed by atoms with Gasteiger partial charge in [0.2, 0.25) is 0 Å². The Morgan fingerprint density at radius 2 is 1.07 bits per heavy atom. The highest BCUT2D eigenvalue weighted by Gasteiger charge is 2.41. The molecule has 0 amide bonds. The number of benzene rings is 5. The minimum atomic E-state index is -4.80. The van der Waals surface area contributed by atoms with E-state index in [0.717, 1.165) is 36.1 Å². The predicted molar refractivity (Wildman–Crippen MR) is 157 cm³/mol. The fraction of sp³-hybridized carbons (Fsp3) is 0.111. The first-order valence-electron chi connectivity index (χ1n) is 13.9. The second-order valence-corrected chi connectivity index (χ2v) is 10.3. The van der Waals surface area contributed by atoms with E-state index in [9.17, 15) is 30.7 Å². The lowest BCUT2D eigenvalue weighted by molar-refractivity contribution is -0.189. The van der Waals surface area contributed by atoms with Crippen molar-refractivity contribution in [2.45, 2.75) is 25.9 Å². The molecule has 1 nitrogen and oxygen atoms in total. The number of halogens is 9. The van der Waals surface area contributed by atoms with E-state index in [1.165, 1.54) is 18.2 Å². The topological polar surface area (TPSA) is 9.23 Å². The molecule has 0 fully saturated rings. The molecular weight excluding hydrogens is 619 g/mol. The van der Waals surface area contributed by atoms with Crippen LogP contribution in [0, 0.1) is 40.7 Å². The molecule has 0 unspecified atom stereocenters. The van der Waals surface area contributed by atoms with Gasteiger partial charge in [0.05, 0.1) is 0 Å². The van der Waals surface area contributed by atoms with E-state index in [1.54, 1.807) is 6.07 Å². The van der Waals surface area contributed by atoms with Gasteiger partial charge in [0.1, 0.15) is 34.6 Å². The first-order valence-corrected chi connectivity index (χ1v) is 13.9. The maximum absolute atomic E-state index is 15.2. The van der Waals surface area contributed by atoms with Crippen molar-refractivity contribution in [2.24, 2.45) is 0 Å². The van der Waals surface area contributed by atoms with E-state index in [2.05, 4.69) is 10.8 Å². The van der Waals surface area contributed by atoms with Crippen LogP contribution >= 0.6 is 0 Å². The molecular formula is C36H23F9O. The number of ether oxygens (including phenoxy) is 1. The highest BCUT2D eigenvalue weighted by atomic mass is 19.3. The standard InChI is InChI=1S/C36H23F9O/c1-2-3-4-5-20-6-8-21(9-7-20)22-10-12-26(28(37)14-22)23-11-13-27(29(38)15-23)24-16-30(39)34(31(40)17-24)36(44,45)46-25-18-32(41)35(43)33(42)19-25/h2-3,6-19H,4-5H2,1H3. The summed E-state index contributed by atoms with van der Waals surface area (Å²) in [6, 6.07) is 16.4. The molecule has 0 aliphatic heterocycles. The summed E-state index contributed by atoms with van der Waals surface area (Å²) in [5, 5.41) is 0. The highest BCUT2D eigenvalue weighted by Crippen LogP contribution is 2.39. The Kier molecular flexibility index (Phi) is 9.27. The fourth-order valence-corrected chi connectivity index (χ4v) is 4.92. The number of allylic oxidation sites excluding steroid dienone is 2. The molecule has 0 aliphatic carbocycles. The van der Waals surface area contributed by atoms with Gasteiger partial charge >= 0.3 is 6.11 Å². The van der Waals surface area contributed by atoms with Crippen LogP contribution in [0.2, 0.25) is 0 Å². The van der Waals surface area contributed by atoms with Crippen molar-refractivity contribution in [3.8, 4) is 39.1 Å². The van der Waals surface area contributed by atoms with E-state index in [4.69, 9.17) is 0 Å². The Morgan fingerprint density at radius 1 is 0.565 bits per heavy atom. The van der Waals surface area contributed by atoms with Crippen molar-refractivity contribution in [1.82, 2.24) is 0 Å². The zero-order chi connectivity index (χ0) is 33.2. The van der Waals surface area contributed by atoms with Crippen molar-refractivity contribution in [3.05, 3.63) is 149 Å². The van der Waals surface area contributed by atoms with Crippen LogP contribution < -0.4 is 4.74 Å². The number of aryl methyl sites for hydroxylation is 1. The van der Waals surface area contributed by atoms with E-state index >= 15 is 8.78 Å². The Bertz CT molecular complexity index is 1890. The molecule has 0 N–H and O–H groups in total. The first kappa shape index (κ1) is 32.4. The minimum Gasteiger partial charge on any atom is -0.429 e. The third kappa shape index (κ3) is 6.80. The normalized spacial score (nSPS) is 11.8. The van der Waals surface area contributed by atoms with Crippen molar-refractivity contribution in [1.29, 1.82) is 0 Å². The largest absolute Gasteiger partial charge is 0.432 e. The Balaban J connectivity index is 1.38. The number of hydrogen-bond acceptors (Lipinski definition) is 1. The van der Waals surface area contributed by atoms with E-state index in [-0.39, 0.29) is 28.8 Å². The summed E-state index contributed by atoms with van der Waals surface area (Å²) in [7, 11) is 0. The zero-order valence-electron chi connectivity index (χ0n) is 24.0. The highest BCUT2D eigenvalue weighted by molar-refractivity contribution is 5.74. The van der Waals surface area contributed by atoms with Gasteiger partial charge < -0.3 is 4.74 Å². The molecule has 236 valence electrons. The molecule has 5 aromatic carbocycles. The Hall–Kier alpha value is -4.99. The van der Waals surface area contributed by atoms with Gasteiger partial charge in [-0.3, -0.25) is 0 Å². The zero-order valence-corrected chi connectivity index (χ0v) is 24.0. The van der Waals surface area contributed by atoms with E-state index in [1.807, 2.05) is 37.3 Å². The smallest absolute Gasteiger partial charge is 0.429 e. The van der Waals surface area contributed by atoms with Crippen LogP contribution in [0.5, 0.6) is 5.75 Å². The molecule has 0 bridgehead atoms. The van der Waals surface area contributed by atoms with Gasteiger partial charge in [-0.2, -0.15) is 8.78 Å². The SMILES string of the molecule is CC=CCCc1ccc(-c2ccc(-c3ccc(-c4cc(F)c(C(F)(F)Oc5cc(F)c(F)c(F)c5)c(F)c4)c(F)c3)c(F)c2)cc1. The van der Waals surface area contributed by atoms with Crippen molar-refractivity contribution in [2.75, 3.05) is 0 Å².